The highest BCUT2D eigenvalue weighted by atomic mass is 19.4. The van der Waals surface area contributed by atoms with Crippen molar-refractivity contribution < 1.29 is 46.7 Å². The molecule has 0 saturated carbocycles. The Morgan fingerprint density at radius 2 is 1.75 bits per heavy atom. The zero-order valence-corrected chi connectivity index (χ0v) is 30.2. The van der Waals surface area contributed by atoms with Crippen LogP contribution in [0.25, 0.3) is 0 Å². The number of alkyl halides is 3. The summed E-state index contributed by atoms with van der Waals surface area (Å²) in [4.78, 5) is 43.3. The van der Waals surface area contributed by atoms with Gasteiger partial charge < -0.3 is 44.9 Å². The molecule has 1 aliphatic heterocycles. The molecule has 52 heavy (non-hydrogen) atoms. The molecule has 0 saturated heterocycles. The number of rotatable bonds is 7. The minimum Gasteiger partial charge on any atom is -0.490 e. The van der Waals surface area contributed by atoms with Gasteiger partial charge >= 0.3 is 18.2 Å². The molecule has 0 bridgehead atoms. The first-order chi connectivity index (χ1) is 24.6. The van der Waals surface area contributed by atoms with E-state index in [-0.39, 0.29) is 43.0 Å². The van der Waals surface area contributed by atoms with Crippen molar-refractivity contribution in [3.63, 3.8) is 0 Å². The van der Waals surface area contributed by atoms with Crippen LogP contribution in [0.15, 0.2) is 47.0 Å². The molecule has 4 atom stereocenters. The Morgan fingerprint density at radius 1 is 1.06 bits per heavy atom. The largest absolute Gasteiger partial charge is 0.490 e. The van der Waals surface area contributed by atoms with Crippen molar-refractivity contribution in [3.05, 3.63) is 65.0 Å². The molecule has 0 spiro atoms. The second kappa shape index (κ2) is 17.6. The fourth-order valence-electron chi connectivity index (χ4n) is 5.71. The highest BCUT2D eigenvalue weighted by molar-refractivity contribution is 6.03. The topological polar surface area (TPSA) is 158 Å². The number of aryl methyl sites for hydroxylation is 2. The van der Waals surface area contributed by atoms with E-state index >= 15 is 0 Å². The van der Waals surface area contributed by atoms with Gasteiger partial charge in [0.1, 0.15) is 17.1 Å². The lowest BCUT2D eigenvalue weighted by molar-refractivity contribution is -0.137. The van der Waals surface area contributed by atoms with Crippen molar-refractivity contribution >= 4 is 35.0 Å². The number of nitrogens with zero attached hydrogens (tertiary/aromatic N) is 3. The van der Waals surface area contributed by atoms with E-state index in [1.54, 1.807) is 40.0 Å². The molecular weight excluding hydrogens is 685 g/mol. The zero-order valence-electron chi connectivity index (χ0n) is 30.2. The van der Waals surface area contributed by atoms with Crippen LogP contribution in [0.5, 0.6) is 5.75 Å². The van der Waals surface area contributed by atoms with Crippen molar-refractivity contribution in [2.24, 2.45) is 5.92 Å². The molecule has 1 aromatic heterocycles. The highest BCUT2D eigenvalue weighted by Crippen LogP contribution is 2.31. The normalized spacial score (nSPS) is 19.5. The molecule has 2 aromatic carbocycles. The summed E-state index contributed by atoms with van der Waals surface area (Å²) in [6, 6.07) is 7.19. The van der Waals surface area contributed by atoms with Gasteiger partial charge in [-0.2, -0.15) is 13.2 Å². The monoisotopic (exact) mass is 732 g/mol. The van der Waals surface area contributed by atoms with Gasteiger partial charge in [-0.1, -0.05) is 12.1 Å². The first kappa shape index (κ1) is 39.9. The number of nitrogens with one attached hydrogen (secondary N) is 3. The van der Waals surface area contributed by atoms with Gasteiger partial charge in [0, 0.05) is 44.0 Å². The van der Waals surface area contributed by atoms with E-state index < -0.39 is 41.9 Å². The third-order valence-electron chi connectivity index (χ3n) is 8.85. The van der Waals surface area contributed by atoms with E-state index in [4.69, 9.17) is 14.0 Å². The fraction of sp³-hybridized carbons (Fsp3) is 0.500. The highest BCUT2D eigenvalue weighted by Gasteiger charge is 2.32. The minimum absolute atomic E-state index is 0.105. The van der Waals surface area contributed by atoms with Gasteiger partial charge in [-0.25, -0.2) is 9.59 Å². The second-order valence-corrected chi connectivity index (χ2v) is 13.2. The smallest absolute Gasteiger partial charge is 0.416 e. The molecule has 0 radical (unpaired) electrons. The standard InChI is InChI=1S/C36H47F3N6O7/c1-21-18-45(22(2)20-46)33(47)29-17-28(40-34(48)42-32-24(4)43-52-25(32)5)14-15-30(29)51-23(3)9-7-8-16-50-31(21)19-44(6)35(49)41-27-12-10-26(11-13-27)36(37,38)39/h10-15,17,21-23,31,46H,7-9,16,18-20H2,1-6H3,(H,41,49)(H2,40,42,48)/t21-,22+,23+,31-/m0/s1. The van der Waals surface area contributed by atoms with Crippen LogP contribution < -0.4 is 20.7 Å². The molecular formula is C36H47F3N6O7. The molecule has 284 valence electrons. The molecule has 2 heterocycles. The van der Waals surface area contributed by atoms with E-state index in [9.17, 15) is 32.7 Å². The van der Waals surface area contributed by atoms with Crippen molar-refractivity contribution in [1.82, 2.24) is 15.0 Å². The van der Waals surface area contributed by atoms with Crippen LogP contribution in [-0.4, -0.2) is 89.6 Å². The predicted octanol–water partition coefficient (Wildman–Crippen LogP) is 6.91. The van der Waals surface area contributed by atoms with E-state index in [2.05, 4.69) is 21.1 Å². The molecule has 3 aromatic rings. The number of aromatic nitrogens is 1. The number of aliphatic hydroxyl groups excluding tert-OH is 1. The number of amides is 5. The number of hydrogen-bond donors (Lipinski definition) is 4. The van der Waals surface area contributed by atoms with Crippen LogP contribution in [0.1, 0.15) is 67.4 Å². The number of carbonyl (C=O) groups is 3. The Bertz CT molecular complexity index is 1660. The molecule has 0 aliphatic carbocycles. The molecule has 4 rings (SSSR count). The molecule has 0 unspecified atom stereocenters. The van der Waals surface area contributed by atoms with Crippen LogP contribution in [0.2, 0.25) is 0 Å². The summed E-state index contributed by atoms with van der Waals surface area (Å²) in [5, 5.41) is 22.1. The number of carbonyl (C=O) groups excluding carboxylic acids is 3. The lowest BCUT2D eigenvalue weighted by Crippen LogP contribution is -2.48. The molecule has 1 aliphatic rings. The van der Waals surface area contributed by atoms with Crippen molar-refractivity contribution in [2.75, 3.05) is 49.3 Å². The Hall–Kier alpha value is -4.83. The lowest BCUT2D eigenvalue weighted by atomic mass is 10.0. The predicted molar refractivity (Wildman–Crippen MR) is 189 cm³/mol. The third kappa shape index (κ3) is 10.6. The van der Waals surface area contributed by atoms with Crippen LogP contribution in [0, 0.1) is 19.8 Å². The van der Waals surface area contributed by atoms with Gasteiger partial charge in [-0.3, -0.25) is 4.79 Å². The van der Waals surface area contributed by atoms with Crippen molar-refractivity contribution in [3.8, 4) is 5.75 Å². The number of fused-ring (bicyclic) bond motifs is 1. The summed E-state index contributed by atoms with van der Waals surface area (Å²) in [5.74, 6) is -0.0471. The van der Waals surface area contributed by atoms with Crippen LogP contribution in [-0.2, 0) is 10.9 Å². The number of likely N-dealkylation sites (N-methyl/N-ethyl adjacent to an activating group) is 1. The summed E-state index contributed by atoms with van der Waals surface area (Å²) < 4.78 is 56.6. The van der Waals surface area contributed by atoms with Crippen LogP contribution in [0.4, 0.5) is 39.8 Å². The molecule has 5 amide bonds. The molecule has 4 N–H and O–H groups in total. The maximum atomic E-state index is 14.4. The number of urea groups is 2. The van der Waals surface area contributed by atoms with E-state index in [1.807, 2.05) is 13.8 Å². The number of ether oxygens (including phenoxy) is 2. The average molecular weight is 733 g/mol. The average Bonchev–Trinajstić information content (AvgIpc) is 3.41. The molecule has 0 fully saturated rings. The summed E-state index contributed by atoms with van der Waals surface area (Å²) in [5.41, 5.74) is 0.804. The maximum Gasteiger partial charge on any atom is 0.416 e. The van der Waals surface area contributed by atoms with Crippen molar-refractivity contribution in [1.29, 1.82) is 0 Å². The number of benzene rings is 2. The van der Waals surface area contributed by atoms with Gasteiger partial charge in [0.25, 0.3) is 5.91 Å². The number of halogens is 3. The Kier molecular flexibility index (Phi) is 13.5. The minimum atomic E-state index is -4.50. The number of anilines is 3. The number of aliphatic hydroxyl groups is 1. The van der Waals surface area contributed by atoms with Gasteiger partial charge in [-0.15, -0.1) is 0 Å². The maximum absolute atomic E-state index is 14.4. The first-order valence-electron chi connectivity index (χ1n) is 17.1. The van der Waals surface area contributed by atoms with E-state index in [1.165, 1.54) is 28.0 Å². The van der Waals surface area contributed by atoms with Gasteiger partial charge in [0.15, 0.2) is 5.76 Å². The lowest BCUT2D eigenvalue weighted by Gasteiger charge is -2.35. The summed E-state index contributed by atoms with van der Waals surface area (Å²) in [6.45, 7) is 9.10. The van der Waals surface area contributed by atoms with Gasteiger partial charge in [-0.05, 0) is 89.4 Å². The fourth-order valence-corrected chi connectivity index (χ4v) is 5.71. The first-order valence-corrected chi connectivity index (χ1v) is 17.1. The summed E-state index contributed by atoms with van der Waals surface area (Å²) in [7, 11) is 1.55. The molecule has 16 heteroatoms. The number of hydrogen-bond acceptors (Lipinski definition) is 8. The quantitative estimate of drug-likeness (QED) is 0.204. The van der Waals surface area contributed by atoms with Crippen LogP contribution in [0.3, 0.4) is 0 Å². The van der Waals surface area contributed by atoms with E-state index in [0.717, 1.165) is 18.6 Å². The Labute approximate surface area is 300 Å². The SMILES string of the molecule is Cc1noc(C)c1NC(=O)Nc1ccc2c(c1)C(=O)N([C@H](C)CO)C[C@H](C)[C@H](CN(C)C(=O)Nc1ccc(C(F)(F)F)cc1)OCCCC[C@@H](C)O2. The Balaban J connectivity index is 1.56. The summed E-state index contributed by atoms with van der Waals surface area (Å²) >= 11 is 0. The van der Waals surface area contributed by atoms with Gasteiger partial charge in [0.2, 0.25) is 0 Å². The van der Waals surface area contributed by atoms with Gasteiger partial charge in [0.05, 0.1) is 36.0 Å². The van der Waals surface area contributed by atoms with Crippen LogP contribution >= 0.6 is 0 Å². The second-order valence-electron chi connectivity index (χ2n) is 13.2. The van der Waals surface area contributed by atoms with E-state index in [0.29, 0.717) is 48.0 Å². The Morgan fingerprint density at radius 3 is 2.38 bits per heavy atom. The third-order valence-corrected chi connectivity index (χ3v) is 8.85. The summed E-state index contributed by atoms with van der Waals surface area (Å²) in [6.07, 6.45) is -3.21. The zero-order chi connectivity index (χ0) is 38.2. The van der Waals surface area contributed by atoms with Crippen molar-refractivity contribution in [2.45, 2.75) is 78.3 Å². The molecule has 13 nitrogen and oxygen atoms in total.